The van der Waals surface area contributed by atoms with Gasteiger partial charge in [0.1, 0.15) is 11.6 Å². The number of rotatable bonds is 5. The molecule has 4 heteroatoms. The lowest BCUT2D eigenvalue weighted by Gasteiger charge is -2.28. The van der Waals surface area contributed by atoms with E-state index in [1.807, 2.05) is 65.0 Å². The highest BCUT2D eigenvalue weighted by Crippen LogP contribution is 2.23. The number of nitrogens with one attached hydrogen (secondary N) is 1. The van der Waals surface area contributed by atoms with Gasteiger partial charge in [-0.2, -0.15) is 0 Å². The van der Waals surface area contributed by atoms with Crippen LogP contribution in [0.25, 0.3) is 0 Å². The Morgan fingerprint density at radius 1 is 0.962 bits per heavy atom. The SMILES string of the molecule is Cc1ccc([C@H](C)[C@@H](NC(=O)c2ccccc2)C(=O)OC(C)(C)C)cc1. The van der Waals surface area contributed by atoms with E-state index < -0.39 is 17.6 Å². The first kappa shape index (κ1) is 19.7. The molecule has 0 saturated carbocycles. The zero-order valence-corrected chi connectivity index (χ0v) is 16.1. The molecule has 0 aliphatic rings. The standard InChI is InChI=1S/C22H27NO3/c1-15-11-13-17(14-12-15)16(2)19(21(25)26-22(3,4)5)23-20(24)18-9-7-6-8-10-18/h6-14,16,19H,1-5H3,(H,23,24)/t16-,19+/m0/s1. The fourth-order valence-electron chi connectivity index (χ4n) is 2.63. The molecule has 2 aromatic carbocycles. The second-order valence-electron chi connectivity index (χ2n) is 7.55. The summed E-state index contributed by atoms with van der Waals surface area (Å²) in [6, 6.07) is 16.0. The van der Waals surface area contributed by atoms with E-state index in [0.29, 0.717) is 5.56 Å². The van der Waals surface area contributed by atoms with E-state index in [2.05, 4.69) is 5.32 Å². The molecule has 0 aromatic heterocycles. The summed E-state index contributed by atoms with van der Waals surface area (Å²) >= 11 is 0. The van der Waals surface area contributed by atoms with E-state index in [-0.39, 0.29) is 11.8 Å². The Bertz CT molecular complexity index is 745. The number of hydrogen-bond donors (Lipinski definition) is 1. The Morgan fingerprint density at radius 2 is 1.54 bits per heavy atom. The number of carbonyl (C=O) groups is 2. The zero-order chi connectivity index (χ0) is 19.3. The summed E-state index contributed by atoms with van der Waals surface area (Å²) in [6.45, 7) is 9.38. The third-order valence-electron chi connectivity index (χ3n) is 4.09. The number of amides is 1. The van der Waals surface area contributed by atoms with Crippen molar-refractivity contribution in [3.8, 4) is 0 Å². The molecule has 0 saturated heterocycles. The Hall–Kier alpha value is -2.62. The quantitative estimate of drug-likeness (QED) is 0.818. The molecule has 2 aromatic rings. The lowest BCUT2D eigenvalue weighted by molar-refractivity contribution is -0.157. The number of hydrogen-bond acceptors (Lipinski definition) is 3. The van der Waals surface area contributed by atoms with Crippen LogP contribution >= 0.6 is 0 Å². The Balaban J connectivity index is 2.27. The first-order valence-corrected chi connectivity index (χ1v) is 8.83. The van der Waals surface area contributed by atoms with Crippen LogP contribution in [0.5, 0.6) is 0 Å². The predicted molar refractivity (Wildman–Crippen MR) is 103 cm³/mol. The zero-order valence-electron chi connectivity index (χ0n) is 16.1. The van der Waals surface area contributed by atoms with Crippen molar-refractivity contribution in [2.24, 2.45) is 0 Å². The van der Waals surface area contributed by atoms with Gasteiger partial charge in [-0.25, -0.2) is 4.79 Å². The van der Waals surface area contributed by atoms with Gasteiger partial charge in [-0.1, -0.05) is 55.0 Å². The van der Waals surface area contributed by atoms with E-state index >= 15 is 0 Å². The average molecular weight is 353 g/mol. The third kappa shape index (κ3) is 5.45. The summed E-state index contributed by atoms with van der Waals surface area (Å²) in [4.78, 5) is 25.4. The van der Waals surface area contributed by atoms with E-state index in [9.17, 15) is 9.59 Å². The molecule has 138 valence electrons. The van der Waals surface area contributed by atoms with E-state index in [1.54, 1.807) is 24.3 Å². The maximum absolute atomic E-state index is 12.8. The molecule has 2 atom stereocenters. The largest absolute Gasteiger partial charge is 0.458 e. The van der Waals surface area contributed by atoms with E-state index in [0.717, 1.165) is 11.1 Å². The fourth-order valence-corrected chi connectivity index (χ4v) is 2.63. The van der Waals surface area contributed by atoms with Gasteiger partial charge < -0.3 is 10.1 Å². The van der Waals surface area contributed by atoms with Crippen LogP contribution in [-0.4, -0.2) is 23.5 Å². The molecule has 0 aliphatic heterocycles. The molecule has 4 nitrogen and oxygen atoms in total. The van der Waals surface area contributed by atoms with Crippen molar-refractivity contribution in [1.29, 1.82) is 0 Å². The van der Waals surface area contributed by atoms with Crippen LogP contribution in [-0.2, 0) is 9.53 Å². The summed E-state index contributed by atoms with van der Waals surface area (Å²) in [5, 5.41) is 2.86. The van der Waals surface area contributed by atoms with Gasteiger partial charge in [0.05, 0.1) is 0 Å². The van der Waals surface area contributed by atoms with Crippen LogP contribution in [0.15, 0.2) is 54.6 Å². The summed E-state index contributed by atoms with van der Waals surface area (Å²) < 4.78 is 5.55. The lowest BCUT2D eigenvalue weighted by Crippen LogP contribution is -2.47. The molecule has 26 heavy (non-hydrogen) atoms. The Labute approximate surface area is 155 Å². The lowest BCUT2D eigenvalue weighted by atomic mass is 9.92. The van der Waals surface area contributed by atoms with Crippen molar-refractivity contribution in [2.75, 3.05) is 0 Å². The van der Waals surface area contributed by atoms with Crippen LogP contribution < -0.4 is 5.32 Å². The maximum Gasteiger partial charge on any atom is 0.329 e. The monoisotopic (exact) mass is 353 g/mol. The smallest absolute Gasteiger partial charge is 0.329 e. The van der Waals surface area contributed by atoms with Gasteiger partial charge in [-0.05, 0) is 45.4 Å². The molecule has 2 rings (SSSR count). The second-order valence-corrected chi connectivity index (χ2v) is 7.55. The van der Waals surface area contributed by atoms with Crippen LogP contribution in [0, 0.1) is 6.92 Å². The van der Waals surface area contributed by atoms with Crippen molar-refractivity contribution in [1.82, 2.24) is 5.32 Å². The van der Waals surface area contributed by atoms with Gasteiger partial charge in [0.15, 0.2) is 0 Å². The van der Waals surface area contributed by atoms with Crippen molar-refractivity contribution in [3.63, 3.8) is 0 Å². The average Bonchev–Trinajstić information content (AvgIpc) is 2.58. The van der Waals surface area contributed by atoms with Crippen molar-refractivity contribution in [2.45, 2.75) is 52.2 Å². The van der Waals surface area contributed by atoms with Gasteiger partial charge >= 0.3 is 5.97 Å². The van der Waals surface area contributed by atoms with Crippen LogP contribution in [0.1, 0.15) is 55.1 Å². The highest BCUT2D eigenvalue weighted by atomic mass is 16.6. The van der Waals surface area contributed by atoms with Crippen molar-refractivity contribution < 1.29 is 14.3 Å². The van der Waals surface area contributed by atoms with Gasteiger partial charge in [0, 0.05) is 11.5 Å². The normalized spacial score (nSPS) is 13.6. The summed E-state index contributed by atoms with van der Waals surface area (Å²) in [5.41, 5.74) is 2.00. The Morgan fingerprint density at radius 3 is 2.08 bits per heavy atom. The first-order chi connectivity index (χ1) is 12.2. The number of carbonyl (C=O) groups excluding carboxylic acids is 2. The molecule has 0 radical (unpaired) electrons. The number of esters is 1. The van der Waals surface area contributed by atoms with Crippen molar-refractivity contribution in [3.05, 3.63) is 71.3 Å². The number of ether oxygens (including phenoxy) is 1. The minimum atomic E-state index is -0.773. The highest BCUT2D eigenvalue weighted by molar-refractivity contribution is 5.97. The molecular formula is C22H27NO3. The minimum Gasteiger partial charge on any atom is -0.458 e. The molecule has 0 fully saturated rings. The van der Waals surface area contributed by atoms with E-state index in [4.69, 9.17) is 4.74 Å². The highest BCUT2D eigenvalue weighted by Gasteiger charge is 2.32. The van der Waals surface area contributed by atoms with Gasteiger partial charge in [0.25, 0.3) is 5.91 Å². The van der Waals surface area contributed by atoms with Crippen LogP contribution in [0.3, 0.4) is 0 Å². The van der Waals surface area contributed by atoms with E-state index in [1.165, 1.54) is 0 Å². The maximum atomic E-state index is 12.8. The first-order valence-electron chi connectivity index (χ1n) is 8.83. The molecule has 0 heterocycles. The predicted octanol–water partition coefficient (Wildman–Crippen LogP) is 4.24. The van der Waals surface area contributed by atoms with Gasteiger partial charge in [0.2, 0.25) is 0 Å². The molecule has 0 aliphatic carbocycles. The Kier molecular flexibility index (Phi) is 6.19. The topological polar surface area (TPSA) is 55.4 Å². The molecule has 1 N–H and O–H groups in total. The molecule has 1 amide bonds. The van der Waals surface area contributed by atoms with Crippen LogP contribution in [0.4, 0.5) is 0 Å². The summed E-state index contributed by atoms with van der Waals surface area (Å²) in [5.74, 6) is -0.951. The third-order valence-corrected chi connectivity index (χ3v) is 4.09. The minimum absolute atomic E-state index is 0.224. The molecule has 0 bridgehead atoms. The van der Waals surface area contributed by atoms with Crippen molar-refractivity contribution >= 4 is 11.9 Å². The van der Waals surface area contributed by atoms with Gasteiger partial charge in [-0.15, -0.1) is 0 Å². The van der Waals surface area contributed by atoms with Gasteiger partial charge in [-0.3, -0.25) is 4.79 Å². The number of aryl methyl sites for hydroxylation is 1. The number of benzene rings is 2. The molecule has 0 spiro atoms. The summed E-state index contributed by atoms with van der Waals surface area (Å²) in [7, 11) is 0. The molecule has 0 unspecified atom stereocenters. The van der Waals surface area contributed by atoms with Crippen LogP contribution in [0.2, 0.25) is 0 Å². The summed E-state index contributed by atoms with van der Waals surface area (Å²) in [6.07, 6.45) is 0. The molecular weight excluding hydrogens is 326 g/mol. The second kappa shape index (κ2) is 8.17. The fraction of sp³-hybridized carbons (Fsp3) is 0.364.